The summed E-state index contributed by atoms with van der Waals surface area (Å²) in [6, 6.07) is 0. The van der Waals surface area contributed by atoms with Crippen molar-refractivity contribution in [3.8, 4) is 0 Å². The zero-order valence-electron chi connectivity index (χ0n) is 5.84. The molecule has 0 aromatic rings. The van der Waals surface area contributed by atoms with Gasteiger partial charge in [0.2, 0.25) is 0 Å². The van der Waals surface area contributed by atoms with Gasteiger partial charge in [-0.15, -0.1) is 0 Å². The van der Waals surface area contributed by atoms with Gasteiger partial charge in [-0.05, 0) is 25.7 Å². The fraction of sp³-hybridized carbons (Fsp3) is 1.00. The van der Waals surface area contributed by atoms with E-state index in [2.05, 4.69) is 0 Å². The average molecular weight is 138 g/mol. The first kappa shape index (κ1) is 8.11. The number of aliphatic hydroxyl groups is 1. The first-order valence-electron chi connectivity index (χ1n) is 2.46. The van der Waals surface area contributed by atoms with Gasteiger partial charge in [-0.25, -0.2) is 0 Å². The Bertz CT molecular complexity index is 131. The van der Waals surface area contributed by atoms with Crippen molar-refractivity contribution in [3.63, 3.8) is 0 Å². The van der Waals surface area contributed by atoms with Crippen molar-refractivity contribution in [2.45, 2.75) is 12.4 Å². The molecule has 1 unspecified atom stereocenters. The van der Waals surface area contributed by atoms with Crippen LogP contribution in [0.1, 0.15) is 6.92 Å². The first-order valence-corrected chi connectivity index (χ1v) is 5.72. The molecule has 0 spiro atoms. The second-order valence-electron chi connectivity index (χ2n) is 3.13. The molecule has 0 amide bonds. The summed E-state index contributed by atoms with van der Waals surface area (Å²) in [5.74, 6) is 0. The molecule has 0 bridgehead atoms. The molecular formula is C5H14O2S. The number of hydrogen-bond acceptors (Lipinski definition) is 2. The molecule has 0 radical (unpaired) electrons. The molecule has 0 heterocycles. The average Bonchev–Trinajstić information content (AvgIpc) is 1.27. The lowest BCUT2D eigenvalue weighted by Crippen LogP contribution is -2.38. The Morgan fingerprint density at radius 1 is 1.38 bits per heavy atom. The Hall–Kier alpha value is 0.110. The molecule has 3 heteroatoms. The van der Waals surface area contributed by atoms with E-state index in [1.54, 1.807) is 25.7 Å². The fourth-order valence-electron chi connectivity index (χ4n) is 0. The van der Waals surface area contributed by atoms with E-state index in [0.717, 1.165) is 0 Å². The van der Waals surface area contributed by atoms with Gasteiger partial charge in [-0.1, -0.05) is 9.07 Å². The van der Waals surface area contributed by atoms with Crippen LogP contribution in [0.15, 0.2) is 0 Å². The number of aliphatic hydroxyl groups excluding tert-OH is 1. The van der Waals surface area contributed by atoms with Gasteiger partial charge in [0.15, 0.2) is 0 Å². The highest BCUT2D eigenvalue weighted by atomic mass is 32.3. The third kappa shape index (κ3) is 2.43. The van der Waals surface area contributed by atoms with E-state index in [-0.39, 0.29) is 0 Å². The summed E-state index contributed by atoms with van der Waals surface area (Å²) in [6.45, 7) is 1.55. The van der Waals surface area contributed by atoms with Gasteiger partial charge < -0.3 is 5.11 Å². The molecular weight excluding hydrogens is 124 g/mol. The van der Waals surface area contributed by atoms with E-state index in [4.69, 9.17) is 5.11 Å². The van der Waals surface area contributed by atoms with Crippen molar-refractivity contribution in [2.75, 3.05) is 18.8 Å². The quantitative estimate of drug-likeness (QED) is 0.555. The SMILES string of the molecule is CC(O)S(C)(C)(C)=O. The highest BCUT2D eigenvalue weighted by Gasteiger charge is 2.23. The molecule has 0 aromatic heterocycles. The summed E-state index contributed by atoms with van der Waals surface area (Å²) >= 11 is 0. The Labute approximate surface area is 50.3 Å². The van der Waals surface area contributed by atoms with Gasteiger partial charge in [0.1, 0.15) is 5.44 Å². The third-order valence-electron chi connectivity index (χ3n) is 1.16. The highest BCUT2D eigenvalue weighted by molar-refractivity contribution is 8.18. The second kappa shape index (κ2) is 1.54. The predicted molar refractivity (Wildman–Crippen MR) is 37.6 cm³/mol. The molecule has 0 aliphatic carbocycles. The molecule has 0 aromatic carbocycles. The van der Waals surface area contributed by atoms with Crippen LogP contribution in [0.4, 0.5) is 0 Å². The Morgan fingerprint density at radius 2 is 1.50 bits per heavy atom. The molecule has 1 N–H and O–H groups in total. The van der Waals surface area contributed by atoms with E-state index in [0.29, 0.717) is 0 Å². The largest absolute Gasteiger partial charge is 0.382 e. The van der Waals surface area contributed by atoms with Crippen molar-refractivity contribution in [2.24, 2.45) is 0 Å². The number of rotatable bonds is 1. The molecule has 0 saturated heterocycles. The summed E-state index contributed by atoms with van der Waals surface area (Å²) in [6.07, 6.45) is 4.76. The van der Waals surface area contributed by atoms with Crippen LogP contribution in [-0.2, 0) is 9.07 Å². The van der Waals surface area contributed by atoms with E-state index in [1.165, 1.54) is 0 Å². The van der Waals surface area contributed by atoms with Gasteiger partial charge in [-0.2, -0.15) is 0 Å². The zero-order chi connectivity index (χ0) is 7.02. The van der Waals surface area contributed by atoms with Crippen LogP contribution in [0.2, 0.25) is 0 Å². The molecule has 8 heavy (non-hydrogen) atoms. The summed E-state index contributed by atoms with van der Waals surface area (Å²) in [4.78, 5) is 0. The van der Waals surface area contributed by atoms with Crippen LogP contribution in [0.3, 0.4) is 0 Å². The van der Waals surface area contributed by atoms with Crippen molar-refractivity contribution in [1.82, 2.24) is 0 Å². The summed E-state index contributed by atoms with van der Waals surface area (Å²) in [5, 5.41) is 8.88. The minimum Gasteiger partial charge on any atom is -0.382 e. The highest BCUT2D eigenvalue weighted by Crippen LogP contribution is 2.16. The van der Waals surface area contributed by atoms with E-state index >= 15 is 0 Å². The van der Waals surface area contributed by atoms with Crippen molar-refractivity contribution >= 4 is 9.07 Å². The molecule has 52 valence electrons. The van der Waals surface area contributed by atoms with Gasteiger partial charge in [0.25, 0.3) is 0 Å². The predicted octanol–water partition coefficient (Wildman–Crippen LogP) is 0.0342. The Morgan fingerprint density at radius 3 is 1.50 bits per heavy atom. The molecule has 2 nitrogen and oxygen atoms in total. The minimum absolute atomic E-state index is 0.702. The Kier molecular flexibility index (Phi) is 1.57. The maximum absolute atomic E-state index is 11.2. The normalized spacial score (nSPS) is 21.4. The third-order valence-corrected chi connectivity index (χ3v) is 3.49. The lowest BCUT2D eigenvalue weighted by atomic mass is 10.9. The lowest BCUT2D eigenvalue weighted by molar-refractivity contribution is 0.271. The molecule has 1 atom stereocenters. The van der Waals surface area contributed by atoms with Crippen LogP contribution >= 0.6 is 0 Å². The lowest BCUT2D eigenvalue weighted by Gasteiger charge is -2.31. The molecule has 0 rings (SSSR count). The second-order valence-corrected chi connectivity index (χ2v) is 8.87. The minimum atomic E-state index is -2.66. The monoisotopic (exact) mass is 138 g/mol. The van der Waals surface area contributed by atoms with Crippen LogP contribution < -0.4 is 0 Å². The van der Waals surface area contributed by atoms with Gasteiger partial charge in [-0.3, -0.25) is 4.21 Å². The van der Waals surface area contributed by atoms with Crippen LogP contribution in [0.5, 0.6) is 0 Å². The molecule has 0 aliphatic rings. The van der Waals surface area contributed by atoms with Crippen molar-refractivity contribution in [1.29, 1.82) is 0 Å². The zero-order valence-corrected chi connectivity index (χ0v) is 6.66. The van der Waals surface area contributed by atoms with Gasteiger partial charge in [0, 0.05) is 0 Å². The summed E-state index contributed by atoms with van der Waals surface area (Å²) < 4.78 is 11.2. The molecule has 0 aliphatic heterocycles. The van der Waals surface area contributed by atoms with E-state index < -0.39 is 14.5 Å². The van der Waals surface area contributed by atoms with Crippen LogP contribution in [0.25, 0.3) is 0 Å². The topological polar surface area (TPSA) is 37.3 Å². The maximum Gasteiger partial charge on any atom is 0.105 e. The van der Waals surface area contributed by atoms with Crippen molar-refractivity contribution in [3.05, 3.63) is 0 Å². The maximum atomic E-state index is 11.2. The summed E-state index contributed by atoms with van der Waals surface area (Å²) in [7, 11) is -2.66. The van der Waals surface area contributed by atoms with Crippen LogP contribution in [0, 0.1) is 0 Å². The Balaban J connectivity index is 4.40. The summed E-state index contributed by atoms with van der Waals surface area (Å²) in [5.41, 5.74) is -0.702. The first-order chi connectivity index (χ1) is 3.20. The van der Waals surface area contributed by atoms with E-state index in [9.17, 15) is 4.21 Å². The standard InChI is InChI=1S/C5H14O2S/c1-5(6)8(2,3,4)7/h5-6H,1-4H3. The number of hydrogen-bond donors (Lipinski definition) is 1. The van der Waals surface area contributed by atoms with Gasteiger partial charge >= 0.3 is 0 Å². The smallest absolute Gasteiger partial charge is 0.105 e. The molecule has 0 fully saturated rings. The van der Waals surface area contributed by atoms with Crippen LogP contribution in [-0.4, -0.2) is 33.5 Å². The molecule has 0 saturated carbocycles. The van der Waals surface area contributed by atoms with Crippen molar-refractivity contribution < 1.29 is 9.32 Å². The van der Waals surface area contributed by atoms with Gasteiger partial charge in [0.05, 0.1) is 0 Å². The fourth-order valence-corrected chi connectivity index (χ4v) is 0. The van der Waals surface area contributed by atoms with E-state index in [1.807, 2.05) is 0 Å².